The minimum atomic E-state index is -0.737. The van der Waals surface area contributed by atoms with Crippen molar-refractivity contribution >= 4 is 46.1 Å². The van der Waals surface area contributed by atoms with Gasteiger partial charge in [0.1, 0.15) is 23.5 Å². The first-order chi connectivity index (χ1) is 17.5. The molecule has 0 radical (unpaired) electrons. The molecule has 0 unspecified atom stereocenters. The van der Waals surface area contributed by atoms with Gasteiger partial charge in [0, 0.05) is 17.5 Å². The molecule has 0 saturated carbocycles. The molecule has 0 saturated heterocycles. The molecule has 0 aliphatic carbocycles. The number of furan rings is 1. The van der Waals surface area contributed by atoms with E-state index in [4.69, 9.17) is 4.42 Å². The molecule has 0 fully saturated rings. The first-order valence-electron chi connectivity index (χ1n) is 11.3. The number of fused-ring (bicyclic) bond motifs is 3. The van der Waals surface area contributed by atoms with Gasteiger partial charge in [-0.15, -0.1) is 0 Å². The normalized spacial score (nSPS) is 16.2. The minimum absolute atomic E-state index is 0.0174. The van der Waals surface area contributed by atoms with Crippen molar-refractivity contribution in [2.75, 3.05) is 5.75 Å². The predicted octanol–water partition coefficient (Wildman–Crippen LogP) is 4.09. The highest BCUT2D eigenvalue weighted by molar-refractivity contribution is 8.14. The van der Waals surface area contributed by atoms with Crippen molar-refractivity contribution in [3.63, 3.8) is 0 Å². The van der Waals surface area contributed by atoms with Crippen LogP contribution in [0.25, 0.3) is 0 Å². The lowest BCUT2D eigenvalue weighted by atomic mass is 10.1. The number of aliphatic imine (C=N–C) groups is 2. The molecule has 2 aliphatic rings. The Morgan fingerprint density at radius 2 is 1.89 bits per heavy atom. The summed E-state index contributed by atoms with van der Waals surface area (Å²) in [6.07, 6.45) is 1.89. The molecule has 182 valence electrons. The fraction of sp³-hybridized carbons (Fsp3) is 0.192. The van der Waals surface area contributed by atoms with E-state index >= 15 is 0 Å². The fourth-order valence-corrected chi connectivity index (χ4v) is 4.79. The third kappa shape index (κ3) is 4.99. The molecular weight excluding hydrogens is 483 g/mol. The first kappa shape index (κ1) is 23.7. The van der Waals surface area contributed by atoms with E-state index in [0.29, 0.717) is 33.6 Å². The van der Waals surface area contributed by atoms with E-state index in [1.807, 2.05) is 24.3 Å². The zero-order valence-corrected chi connectivity index (χ0v) is 19.8. The number of Topliss-reactive ketones (excluding diaryl/α,β-unsaturated/α-hetero) is 1. The van der Waals surface area contributed by atoms with Crippen molar-refractivity contribution < 1.29 is 23.2 Å². The van der Waals surface area contributed by atoms with E-state index in [0.717, 1.165) is 11.8 Å². The molecule has 2 amide bonds. The molecule has 1 N–H and O–H groups in total. The van der Waals surface area contributed by atoms with Crippen molar-refractivity contribution in [3.05, 3.63) is 89.6 Å². The third-order valence-electron chi connectivity index (χ3n) is 5.73. The maximum absolute atomic E-state index is 13.3. The number of hydrogen-bond donors (Lipinski definition) is 1. The summed E-state index contributed by atoms with van der Waals surface area (Å²) in [5.41, 5.74) is 1.74. The van der Waals surface area contributed by atoms with Crippen LogP contribution < -0.4 is 5.32 Å². The van der Waals surface area contributed by atoms with Crippen molar-refractivity contribution in [2.24, 2.45) is 9.98 Å². The largest absolute Gasteiger partial charge is 0.467 e. The number of amidine groups is 2. The number of hydrogen-bond acceptors (Lipinski definition) is 7. The van der Waals surface area contributed by atoms with Crippen molar-refractivity contribution in [1.29, 1.82) is 0 Å². The Morgan fingerprint density at radius 3 is 2.67 bits per heavy atom. The van der Waals surface area contributed by atoms with Gasteiger partial charge < -0.3 is 9.73 Å². The SMILES string of the molecule is O=C(CC[C@@H]1N=C2c3ccccc3N=C(SCC(=O)c3ccc(F)cc3)N2C1=O)NCc1ccco1. The fourth-order valence-electron chi connectivity index (χ4n) is 3.89. The molecule has 0 bridgehead atoms. The second kappa shape index (κ2) is 10.3. The van der Waals surface area contributed by atoms with Crippen molar-refractivity contribution in [3.8, 4) is 0 Å². The first-order valence-corrected chi connectivity index (χ1v) is 12.3. The van der Waals surface area contributed by atoms with E-state index in [1.54, 1.807) is 12.1 Å². The van der Waals surface area contributed by atoms with Crippen molar-refractivity contribution in [2.45, 2.75) is 25.4 Å². The number of nitrogens with zero attached hydrogens (tertiary/aromatic N) is 3. The zero-order chi connectivity index (χ0) is 25.1. The van der Waals surface area contributed by atoms with Gasteiger partial charge in [-0.2, -0.15) is 0 Å². The number of halogens is 1. The van der Waals surface area contributed by atoms with Crippen LogP contribution in [0.15, 0.2) is 81.3 Å². The monoisotopic (exact) mass is 504 g/mol. The number of carbonyl (C=O) groups is 3. The number of amides is 2. The molecule has 1 atom stereocenters. The summed E-state index contributed by atoms with van der Waals surface area (Å²) < 4.78 is 18.4. The molecule has 3 aromatic rings. The number of carbonyl (C=O) groups excluding carboxylic acids is 3. The maximum Gasteiger partial charge on any atom is 0.259 e. The van der Waals surface area contributed by atoms with Gasteiger partial charge >= 0.3 is 0 Å². The van der Waals surface area contributed by atoms with Gasteiger partial charge in [0.2, 0.25) is 5.91 Å². The lowest BCUT2D eigenvalue weighted by Gasteiger charge is -2.25. The topological polar surface area (TPSA) is 104 Å². The number of thioether (sulfide) groups is 1. The Hall–Kier alpha value is -4.05. The highest BCUT2D eigenvalue weighted by Crippen LogP contribution is 2.34. The second-order valence-electron chi connectivity index (χ2n) is 8.17. The summed E-state index contributed by atoms with van der Waals surface area (Å²) in [6, 6.07) is 15.4. The Kier molecular flexibility index (Phi) is 6.77. The van der Waals surface area contributed by atoms with Crippen LogP contribution in [0.5, 0.6) is 0 Å². The van der Waals surface area contributed by atoms with Crippen LogP contribution >= 0.6 is 11.8 Å². The maximum atomic E-state index is 13.3. The molecule has 5 rings (SSSR count). The Bertz CT molecular complexity index is 1370. The van der Waals surface area contributed by atoms with Crippen LogP contribution in [0, 0.1) is 5.82 Å². The molecule has 2 aromatic carbocycles. The Labute approximate surface area is 210 Å². The third-order valence-corrected chi connectivity index (χ3v) is 6.67. The standard InChI is InChI=1S/C26H21FN4O4S/c27-17-9-7-16(8-10-17)22(32)15-36-26-30-20-6-2-1-5-19(20)24-29-21(25(34)31(24)26)11-12-23(33)28-14-18-4-3-13-35-18/h1-10,13,21H,11-12,14-15H2,(H,28,33)/t21-/m0/s1. The zero-order valence-electron chi connectivity index (χ0n) is 19.0. The highest BCUT2D eigenvalue weighted by atomic mass is 32.2. The summed E-state index contributed by atoms with van der Waals surface area (Å²) in [6.45, 7) is 0.272. The molecule has 8 nitrogen and oxygen atoms in total. The number of nitrogens with one attached hydrogen (secondary N) is 1. The summed E-state index contributed by atoms with van der Waals surface area (Å²) in [5, 5.41) is 3.11. The quantitative estimate of drug-likeness (QED) is 0.466. The second-order valence-corrected chi connectivity index (χ2v) is 9.11. The predicted molar refractivity (Wildman–Crippen MR) is 134 cm³/mol. The molecule has 1 aromatic heterocycles. The van der Waals surface area contributed by atoms with E-state index in [9.17, 15) is 18.8 Å². The van der Waals surface area contributed by atoms with E-state index in [1.165, 1.54) is 35.4 Å². The molecule has 3 heterocycles. The van der Waals surface area contributed by atoms with Gasteiger partial charge in [0.15, 0.2) is 11.0 Å². The summed E-state index contributed by atoms with van der Waals surface area (Å²) in [5.74, 6) is -0.0146. The number of ketones is 1. The number of para-hydroxylation sites is 1. The summed E-state index contributed by atoms with van der Waals surface area (Å²) in [4.78, 5) is 48.9. The molecule has 10 heteroatoms. The lowest BCUT2D eigenvalue weighted by Crippen LogP contribution is -2.41. The number of benzene rings is 2. The van der Waals surface area contributed by atoms with Gasteiger partial charge in [0.25, 0.3) is 5.91 Å². The van der Waals surface area contributed by atoms with Crippen LogP contribution in [-0.4, -0.2) is 45.3 Å². The Balaban J connectivity index is 1.28. The minimum Gasteiger partial charge on any atom is -0.467 e. The average molecular weight is 505 g/mol. The van der Waals surface area contributed by atoms with Gasteiger partial charge in [-0.05, 0) is 55.0 Å². The van der Waals surface area contributed by atoms with Crippen LogP contribution in [0.1, 0.15) is 34.5 Å². The Morgan fingerprint density at radius 1 is 1.08 bits per heavy atom. The van der Waals surface area contributed by atoms with Crippen molar-refractivity contribution in [1.82, 2.24) is 10.2 Å². The van der Waals surface area contributed by atoms with Gasteiger partial charge in [-0.25, -0.2) is 14.3 Å². The van der Waals surface area contributed by atoms with Crippen LogP contribution in [0.3, 0.4) is 0 Å². The van der Waals surface area contributed by atoms with Gasteiger partial charge in [-0.1, -0.05) is 23.9 Å². The lowest BCUT2D eigenvalue weighted by molar-refractivity contribution is -0.125. The van der Waals surface area contributed by atoms with Crippen LogP contribution in [-0.2, 0) is 16.1 Å². The van der Waals surface area contributed by atoms with E-state index < -0.39 is 11.9 Å². The van der Waals surface area contributed by atoms with Crippen LogP contribution in [0.4, 0.5) is 10.1 Å². The highest BCUT2D eigenvalue weighted by Gasteiger charge is 2.41. The smallest absolute Gasteiger partial charge is 0.259 e. The van der Waals surface area contributed by atoms with Gasteiger partial charge in [0.05, 0.1) is 24.2 Å². The van der Waals surface area contributed by atoms with Crippen LogP contribution in [0.2, 0.25) is 0 Å². The van der Waals surface area contributed by atoms with Gasteiger partial charge in [-0.3, -0.25) is 19.4 Å². The number of rotatable bonds is 8. The summed E-state index contributed by atoms with van der Waals surface area (Å²) >= 11 is 1.12. The molecular formula is C26H21FN4O4S. The molecule has 36 heavy (non-hydrogen) atoms. The average Bonchev–Trinajstić information content (AvgIpc) is 3.53. The molecule has 0 spiro atoms. The molecule has 2 aliphatic heterocycles. The van der Waals surface area contributed by atoms with E-state index in [-0.39, 0.29) is 42.7 Å². The summed E-state index contributed by atoms with van der Waals surface area (Å²) in [7, 11) is 0. The van der Waals surface area contributed by atoms with E-state index in [2.05, 4.69) is 15.3 Å².